The highest BCUT2D eigenvalue weighted by atomic mass is 32.2. The van der Waals surface area contributed by atoms with Crippen LogP contribution < -0.4 is 20.1 Å². The summed E-state index contributed by atoms with van der Waals surface area (Å²) in [6.45, 7) is 12.7. The fraction of sp³-hybridized carbons (Fsp3) is 0.545. The van der Waals surface area contributed by atoms with Crippen molar-refractivity contribution in [3.63, 3.8) is 0 Å². The lowest BCUT2D eigenvalue weighted by molar-refractivity contribution is -0.148. The lowest BCUT2D eigenvalue weighted by Crippen LogP contribution is -2.31. The average Bonchev–Trinajstić information content (AvgIpc) is 3.22. The molecule has 1 aromatic heterocycles. The van der Waals surface area contributed by atoms with Crippen LogP contribution in [0.15, 0.2) is 65.8 Å². The molecule has 2 aromatic carbocycles. The number of carboxylic acids is 2. The van der Waals surface area contributed by atoms with Gasteiger partial charge >= 0.3 is 11.9 Å². The Morgan fingerprint density at radius 1 is 0.738 bits per heavy atom. The van der Waals surface area contributed by atoms with Gasteiger partial charge in [-0.15, -0.1) is 0 Å². The van der Waals surface area contributed by atoms with Crippen molar-refractivity contribution in [3.8, 4) is 5.75 Å². The Kier molecular flexibility index (Phi) is 26.0. The van der Waals surface area contributed by atoms with E-state index in [1.807, 2.05) is 45.0 Å². The first-order chi connectivity index (χ1) is 29.2. The van der Waals surface area contributed by atoms with Gasteiger partial charge in [-0.25, -0.2) is 14.8 Å². The quantitative estimate of drug-likeness (QED) is 0.0286. The Bertz CT molecular complexity index is 1680. The van der Waals surface area contributed by atoms with Gasteiger partial charge in [-0.05, 0) is 105 Å². The van der Waals surface area contributed by atoms with Crippen LogP contribution in [0.2, 0.25) is 0 Å². The van der Waals surface area contributed by atoms with Gasteiger partial charge in [0.25, 0.3) is 0 Å². The monoisotopic (exact) mass is 871 g/mol. The Balaban J connectivity index is 0.000000479. The van der Waals surface area contributed by atoms with Gasteiger partial charge in [0.2, 0.25) is 18.3 Å². The number of unbranched alkanes of at least 4 members (excludes halogenated alkanes) is 1. The van der Waals surface area contributed by atoms with Gasteiger partial charge in [-0.3, -0.25) is 19.1 Å². The summed E-state index contributed by atoms with van der Waals surface area (Å²) < 4.78 is 29.2. The van der Waals surface area contributed by atoms with E-state index < -0.39 is 17.4 Å². The summed E-state index contributed by atoms with van der Waals surface area (Å²) in [4.78, 5) is 52.4. The average molecular weight is 872 g/mol. The van der Waals surface area contributed by atoms with Crippen LogP contribution in [0.25, 0.3) is 0 Å². The molecule has 0 aliphatic carbocycles. The van der Waals surface area contributed by atoms with E-state index in [9.17, 15) is 24.3 Å². The molecular formula is C44H65N5O11S. The van der Waals surface area contributed by atoms with E-state index in [4.69, 9.17) is 28.8 Å². The number of nitrogens with zero attached hydrogens (tertiary/aromatic N) is 2. The van der Waals surface area contributed by atoms with E-state index >= 15 is 0 Å². The van der Waals surface area contributed by atoms with Crippen LogP contribution in [-0.4, -0.2) is 117 Å². The number of rotatable bonds is 32. The van der Waals surface area contributed by atoms with Gasteiger partial charge in [-0.2, -0.15) is 0 Å². The van der Waals surface area contributed by atoms with Gasteiger partial charge in [0.1, 0.15) is 19.0 Å². The first-order valence-electron chi connectivity index (χ1n) is 20.4. The molecule has 0 aliphatic rings. The molecule has 16 nitrogen and oxygen atoms in total. The molecule has 0 aliphatic heterocycles. The number of aliphatic carboxylic acids is 2. The third-order valence-electron chi connectivity index (χ3n) is 8.86. The van der Waals surface area contributed by atoms with Gasteiger partial charge in [0, 0.05) is 36.8 Å². The molecule has 0 saturated carbocycles. The molecule has 3 rings (SSSR count). The highest BCUT2D eigenvalue weighted by molar-refractivity contribution is 8.00. The maximum atomic E-state index is 11.4. The minimum absolute atomic E-state index is 0.0260. The molecular weight excluding hydrogens is 807 g/mol. The van der Waals surface area contributed by atoms with Crippen molar-refractivity contribution in [3.05, 3.63) is 77.6 Å². The fourth-order valence-corrected chi connectivity index (χ4v) is 6.46. The third-order valence-corrected chi connectivity index (χ3v) is 9.65. The Hall–Kier alpha value is -4.81. The lowest BCUT2D eigenvalue weighted by atomic mass is 9.72. The van der Waals surface area contributed by atoms with Crippen LogP contribution in [0.1, 0.15) is 70.1 Å². The molecule has 61 heavy (non-hydrogen) atoms. The SMILES string of the molecule is Cc1cnc(NSc2ccc(OCCc3ccc(CCCCC(C)(C)CC(C)(C)C(=O)O)cc3)cc2)nc1.O=CNCCOCCOCC(=O)NCCOCCOCC(=O)O. The molecule has 1 heterocycles. The predicted octanol–water partition coefficient (Wildman–Crippen LogP) is 5.77. The summed E-state index contributed by atoms with van der Waals surface area (Å²) in [6.07, 6.45) is 10.0. The second kappa shape index (κ2) is 30.3. The van der Waals surface area contributed by atoms with Crippen LogP contribution >= 0.6 is 11.9 Å². The van der Waals surface area contributed by atoms with Crippen molar-refractivity contribution in [2.24, 2.45) is 10.8 Å². The molecule has 2 amide bonds. The summed E-state index contributed by atoms with van der Waals surface area (Å²) in [5.41, 5.74) is 2.99. The summed E-state index contributed by atoms with van der Waals surface area (Å²) in [7, 11) is 0. The predicted molar refractivity (Wildman–Crippen MR) is 234 cm³/mol. The fourth-order valence-electron chi connectivity index (χ4n) is 5.87. The van der Waals surface area contributed by atoms with E-state index in [1.54, 1.807) is 12.4 Å². The molecule has 0 atom stereocenters. The van der Waals surface area contributed by atoms with Crippen molar-refractivity contribution >= 4 is 42.2 Å². The second-order valence-corrected chi connectivity index (χ2v) is 16.4. The van der Waals surface area contributed by atoms with Crippen molar-refractivity contribution in [1.29, 1.82) is 0 Å². The molecule has 0 fully saturated rings. The van der Waals surface area contributed by atoms with E-state index in [1.165, 1.54) is 23.1 Å². The molecule has 17 heteroatoms. The minimum atomic E-state index is -1.03. The standard InChI is InChI=1S/C31H41N3O3S.C13H24N2O8/c1-23-20-32-29(33-21-23)34-38-27-15-13-26(14-16-27)37-19-17-25-11-9-24(10-12-25)8-6-7-18-30(2,3)22-31(4,5)28(35)36;16-11-14-1-3-20-5-7-22-9-12(17)15-2-4-21-6-8-23-10-13(18)19/h9-16,20-21H,6-8,17-19,22H2,1-5H3,(H,35,36)(H,32,33,34);11H,1-10H2,(H,14,16)(H,15,17)(H,18,19). The number of carboxylic acid groups (broad SMARTS) is 2. The largest absolute Gasteiger partial charge is 0.493 e. The van der Waals surface area contributed by atoms with E-state index in [0.717, 1.165) is 48.3 Å². The maximum Gasteiger partial charge on any atom is 0.329 e. The highest BCUT2D eigenvalue weighted by Crippen LogP contribution is 2.37. The molecule has 0 spiro atoms. The van der Waals surface area contributed by atoms with E-state index in [0.29, 0.717) is 58.3 Å². The second-order valence-electron chi connectivity index (χ2n) is 15.6. The number of ether oxygens (including phenoxy) is 5. The van der Waals surface area contributed by atoms with Crippen LogP contribution in [-0.2, 0) is 51.0 Å². The maximum absolute atomic E-state index is 11.4. The van der Waals surface area contributed by atoms with E-state index in [2.05, 4.69) is 63.4 Å². The summed E-state index contributed by atoms with van der Waals surface area (Å²) >= 11 is 1.47. The molecule has 3 aromatic rings. The molecule has 338 valence electrons. The van der Waals surface area contributed by atoms with Gasteiger partial charge in [-0.1, -0.05) is 44.5 Å². The van der Waals surface area contributed by atoms with Crippen molar-refractivity contribution < 1.29 is 53.1 Å². The molecule has 0 radical (unpaired) electrons. The number of aryl methyl sites for hydroxylation is 2. The van der Waals surface area contributed by atoms with E-state index in [-0.39, 0.29) is 44.4 Å². The summed E-state index contributed by atoms with van der Waals surface area (Å²) in [5.74, 6) is -0.565. The summed E-state index contributed by atoms with van der Waals surface area (Å²) in [5, 5.41) is 22.8. The zero-order valence-electron chi connectivity index (χ0n) is 36.2. The Morgan fingerprint density at radius 2 is 1.33 bits per heavy atom. The number of amides is 2. The Labute approximate surface area is 364 Å². The normalized spacial score (nSPS) is 11.2. The van der Waals surface area contributed by atoms with Crippen LogP contribution in [0.4, 0.5) is 5.95 Å². The minimum Gasteiger partial charge on any atom is -0.493 e. The number of nitrogens with one attached hydrogen (secondary N) is 3. The zero-order chi connectivity index (χ0) is 44.8. The van der Waals surface area contributed by atoms with Crippen molar-refractivity contribution in [2.75, 3.05) is 77.3 Å². The Morgan fingerprint density at radius 3 is 1.93 bits per heavy atom. The number of carbonyl (C=O) groups excluding carboxylic acids is 2. The van der Waals surface area contributed by atoms with Crippen LogP contribution in [0, 0.1) is 17.8 Å². The topological polar surface area (TPSA) is 217 Å². The number of carbonyl (C=O) groups is 4. The highest BCUT2D eigenvalue weighted by Gasteiger charge is 2.34. The number of anilines is 1. The van der Waals surface area contributed by atoms with Gasteiger partial charge < -0.3 is 44.5 Å². The first kappa shape index (κ1) is 52.3. The van der Waals surface area contributed by atoms with Gasteiger partial charge in [0.15, 0.2) is 0 Å². The number of hydrogen-bond donors (Lipinski definition) is 5. The molecule has 0 bridgehead atoms. The number of aromatic nitrogens is 2. The third kappa shape index (κ3) is 26.2. The van der Waals surface area contributed by atoms with Crippen molar-refractivity contribution in [1.82, 2.24) is 20.6 Å². The number of benzene rings is 2. The number of hydrogen-bond acceptors (Lipinski definition) is 13. The molecule has 5 N–H and O–H groups in total. The smallest absolute Gasteiger partial charge is 0.329 e. The molecule has 0 saturated heterocycles. The molecule has 0 unspecified atom stereocenters. The van der Waals surface area contributed by atoms with Crippen LogP contribution in [0.3, 0.4) is 0 Å². The summed E-state index contributed by atoms with van der Waals surface area (Å²) in [6, 6.07) is 16.8. The zero-order valence-corrected chi connectivity index (χ0v) is 37.1. The van der Waals surface area contributed by atoms with Crippen LogP contribution in [0.5, 0.6) is 5.75 Å². The van der Waals surface area contributed by atoms with Gasteiger partial charge in [0.05, 0.1) is 51.7 Å². The van der Waals surface area contributed by atoms with Crippen molar-refractivity contribution in [2.45, 2.75) is 78.0 Å². The first-order valence-corrected chi connectivity index (χ1v) is 21.2. The lowest BCUT2D eigenvalue weighted by Gasteiger charge is -2.32.